The monoisotopic (exact) mass is 431 g/mol. The predicted molar refractivity (Wildman–Crippen MR) is 107 cm³/mol. The Labute approximate surface area is 165 Å². The van der Waals surface area contributed by atoms with Crippen LogP contribution in [0.25, 0.3) is 0 Å². The van der Waals surface area contributed by atoms with Gasteiger partial charge in [-0.2, -0.15) is 0 Å². The second-order valence-electron chi connectivity index (χ2n) is 5.91. The van der Waals surface area contributed by atoms with Gasteiger partial charge in [-0.3, -0.25) is 4.72 Å². The number of sulfonamides is 1. The fraction of sp³-hybridized carbons (Fsp3) is 0.333. The lowest BCUT2D eigenvalue weighted by Gasteiger charge is -2.17. The lowest BCUT2D eigenvalue weighted by atomic mass is 10.3. The molecule has 0 fully saturated rings. The van der Waals surface area contributed by atoms with Gasteiger partial charge in [-0.15, -0.1) is 0 Å². The Kier molecular flexibility index (Phi) is 6.77. The summed E-state index contributed by atoms with van der Waals surface area (Å²) in [4.78, 5) is 0.0491. The molecule has 0 aliphatic heterocycles. The highest BCUT2D eigenvalue weighted by Gasteiger charge is 2.26. The Balaban J connectivity index is 2.48. The van der Waals surface area contributed by atoms with Crippen molar-refractivity contribution in [2.24, 2.45) is 0 Å². The van der Waals surface area contributed by atoms with E-state index in [0.29, 0.717) is 17.9 Å². The van der Waals surface area contributed by atoms with Gasteiger partial charge < -0.3 is 4.74 Å². The first kappa shape index (κ1) is 21.5. The molecule has 2 aromatic rings. The molecule has 2 aromatic carbocycles. The van der Waals surface area contributed by atoms with Crippen molar-refractivity contribution in [3.05, 3.63) is 47.5 Å². The normalized spacial score (nSPS) is 12.2. The average Bonchev–Trinajstić information content (AvgIpc) is 2.62. The first-order chi connectivity index (χ1) is 12.7. The average molecular weight is 432 g/mol. The van der Waals surface area contributed by atoms with E-state index in [9.17, 15) is 16.8 Å². The summed E-state index contributed by atoms with van der Waals surface area (Å²) >= 11 is 5.80. The van der Waals surface area contributed by atoms with E-state index in [1.807, 2.05) is 0 Å². The molecule has 0 saturated carbocycles. The van der Waals surface area contributed by atoms with E-state index < -0.39 is 25.1 Å². The van der Waals surface area contributed by atoms with Crippen LogP contribution in [-0.4, -0.2) is 29.2 Å². The van der Waals surface area contributed by atoms with Crippen LogP contribution in [0.3, 0.4) is 0 Å². The van der Waals surface area contributed by atoms with Crippen LogP contribution >= 0.6 is 11.6 Å². The van der Waals surface area contributed by atoms with Crippen molar-refractivity contribution in [1.82, 2.24) is 0 Å². The largest absolute Gasteiger partial charge is 0.495 e. The topological polar surface area (TPSA) is 89.5 Å². The van der Waals surface area contributed by atoms with Gasteiger partial charge in [0.25, 0.3) is 10.0 Å². The lowest BCUT2D eigenvalue weighted by Crippen LogP contribution is -2.20. The van der Waals surface area contributed by atoms with Crippen molar-refractivity contribution < 1.29 is 21.6 Å². The molecule has 1 N–H and O–H groups in total. The van der Waals surface area contributed by atoms with Gasteiger partial charge in [0, 0.05) is 5.02 Å². The maximum atomic E-state index is 12.8. The molecule has 0 heterocycles. The number of hydrogen-bond acceptors (Lipinski definition) is 5. The highest BCUT2D eigenvalue weighted by molar-refractivity contribution is 7.93. The van der Waals surface area contributed by atoms with E-state index in [1.54, 1.807) is 13.8 Å². The summed E-state index contributed by atoms with van der Waals surface area (Å²) in [6.07, 6.45) is 0.938. The minimum atomic E-state index is -3.94. The number of hydrogen-bond donors (Lipinski definition) is 1. The molecule has 27 heavy (non-hydrogen) atoms. The maximum Gasteiger partial charge on any atom is 0.262 e. The molecule has 148 valence electrons. The second-order valence-corrected chi connectivity index (χ2v) is 10.3. The summed E-state index contributed by atoms with van der Waals surface area (Å²) in [7, 11) is -6.14. The maximum absolute atomic E-state index is 12.8. The van der Waals surface area contributed by atoms with E-state index >= 15 is 0 Å². The Morgan fingerprint density at radius 1 is 0.963 bits per heavy atom. The zero-order valence-corrected chi connectivity index (χ0v) is 17.7. The fourth-order valence-electron chi connectivity index (χ4n) is 2.68. The van der Waals surface area contributed by atoms with Crippen molar-refractivity contribution in [3.8, 4) is 5.75 Å². The zero-order chi connectivity index (χ0) is 20.2. The van der Waals surface area contributed by atoms with Gasteiger partial charge in [0.1, 0.15) is 5.75 Å². The lowest BCUT2D eigenvalue weighted by molar-refractivity contribution is 0.416. The van der Waals surface area contributed by atoms with Crippen LogP contribution in [0.4, 0.5) is 5.69 Å². The number of ether oxygens (including phenoxy) is 1. The third-order valence-corrected chi connectivity index (χ3v) is 8.31. The van der Waals surface area contributed by atoms with Crippen LogP contribution in [0.15, 0.2) is 52.3 Å². The molecule has 0 unspecified atom stereocenters. The molecule has 0 spiro atoms. The molecule has 0 aliphatic carbocycles. The summed E-state index contributed by atoms with van der Waals surface area (Å²) < 4.78 is 58.4. The molecule has 0 bridgehead atoms. The number of anilines is 1. The molecule has 0 saturated heterocycles. The van der Waals surface area contributed by atoms with Crippen LogP contribution in [-0.2, 0) is 19.9 Å². The molecule has 0 atom stereocenters. The van der Waals surface area contributed by atoms with E-state index in [1.165, 1.54) is 49.6 Å². The Morgan fingerprint density at radius 2 is 1.52 bits per heavy atom. The molecule has 2 rings (SSSR count). The number of nitrogens with one attached hydrogen (secondary N) is 1. The fourth-order valence-corrected chi connectivity index (χ4v) is 5.67. The molecule has 0 amide bonds. The molecular weight excluding hydrogens is 410 g/mol. The summed E-state index contributed by atoms with van der Waals surface area (Å²) in [6.45, 7) is 3.61. The highest BCUT2D eigenvalue weighted by atomic mass is 35.5. The standard InChI is InChI=1S/C18H22ClNO5S2/c1-4-14(5-2)26(21,22)16-10-11-18(25-3)17(12-16)20-27(23,24)15-8-6-13(19)7-9-15/h6-12,14,20H,4-5H2,1-3H3. The first-order valence-electron chi connectivity index (χ1n) is 8.36. The highest BCUT2D eigenvalue weighted by Crippen LogP contribution is 2.32. The summed E-state index contributed by atoms with van der Waals surface area (Å²) in [5.74, 6) is 0.219. The van der Waals surface area contributed by atoms with Gasteiger partial charge in [0.05, 0.1) is 27.8 Å². The van der Waals surface area contributed by atoms with Crippen molar-refractivity contribution >= 4 is 37.1 Å². The van der Waals surface area contributed by atoms with Gasteiger partial charge in [-0.1, -0.05) is 25.4 Å². The Morgan fingerprint density at radius 3 is 2.04 bits per heavy atom. The Bertz CT molecular complexity index is 999. The van der Waals surface area contributed by atoms with Gasteiger partial charge in [0.15, 0.2) is 9.84 Å². The third kappa shape index (κ3) is 4.75. The van der Waals surface area contributed by atoms with Crippen LogP contribution in [0.5, 0.6) is 5.75 Å². The van der Waals surface area contributed by atoms with Crippen LogP contribution < -0.4 is 9.46 Å². The van der Waals surface area contributed by atoms with Crippen LogP contribution in [0, 0.1) is 0 Å². The minimum absolute atomic E-state index is 0.00204. The van der Waals surface area contributed by atoms with E-state index in [4.69, 9.17) is 16.3 Å². The number of rotatable bonds is 8. The predicted octanol–water partition coefficient (Wildman–Crippen LogP) is 4.11. The van der Waals surface area contributed by atoms with Gasteiger partial charge in [0.2, 0.25) is 0 Å². The van der Waals surface area contributed by atoms with Crippen molar-refractivity contribution in [1.29, 1.82) is 0 Å². The first-order valence-corrected chi connectivity index (χ1v) is 11.8. The van der Waals surface area contributed by atoms with Gasteiger partial charge in [-0.25, -0.2) is 16.8 Å². The van der Waals surface area contributed by atoms with E-state index in [2.05, 4.69) is 4.72 Å². The number of benzene rings is 2. The summed E-state index contributed by atoms with van der Waals surface area (Å²) in [5, 5.41) is -0.128. The van der Waals surface area contributed by atoms with Crippen molar-refractivity contribution in [2.75, 3.05) is 11.8 Å². The SMILES string of the molecule is CCC(CC)S(=O)(=O)c1ccc(OC)c(NS(=O)(=O)c2ccc(Cl)cc2)c1. The number of sulfone groups is 1. The van der Waals surface area contributed by atoms with Gasteiger partial charge >= 0.3 is 0 Å². The number of halogens is 1. The third-order valence-electron chi connectivity index (χ3n) is 4.22. The molecular formula is C18H22ClNO5S2. The second kappa shape index (κ2) is 8.50. The summed E-state index contributed by atoms with van der Waals surface area (Å²) in [5.41, 5.74) is 0.0551. The smallest absolute Gasteiger partial charge is 0.262 e. The Hall–Kier alpha value is -1.77. The summed E-state index contributed by atoms with van der Waals surface area (Å²) in [6, 6.07) is 9.80. The molecule has 0 aromatic heterocycles. The van der Waals surface area contributed by atoms with Crippen LogP contribution in [0.1, 0.15) is 26.7 Å². The number of methoxy groups -OCH3 is 1. The molecule has 9 heteroatoms. The van der Waals surface area contributed by atoms with Crippen molar-refractivity contribution in [3.63, 3.8) is 0 Å². The zero-order valence-electron chi connectivity index (χ0n) is 15.3. The molecule has 6 nitrogen and oxygen atoms in total. The van der Waals surface area contributed by atoms with E-state index in [0.717, 1.165) is 0 Å². The molecule has 0 radical (unpaired) electrons. The van der Waals surface area contributed by atoms with E-state index in [-0.39, 0.29) is 21.2 Å². The minimum Gasteiger partial charge on any atom is -0.495 e. The van der Waals surface area contributed by atoms with Gasteiger partial charge in [-0.05, 0) is 55.3 Å². The quantitative estimate of drug-likeness (QED) is 0.679. The molecule has 0 aliphatic rings. The van der Waals surface area contributed by atoms with Crippen molar-refractivity contribution in [2.45, 2.75) is 41.7 Å². The van der Waals surface area contributed by atoms with Crippen LogP contribution in [0.2, 0.25) is 5.02 Å².